The average Bonchev–Trinajstić information content (AvgIpc) is 3.14. The maximum absolute atomic E-state index is 11.5. The van der Waals surface area contributed by atoms with Gasteiger partial charge in [0.15, 0.2) is 23.9 Å². The molecule has 10 atom stereocenters. The van der Waals surface area contributed by atoms with Crippen LogP contribution in [0.4, 0.5) is 0 Å². The van der Waals surface area contributed by atoms with E-state index in [1.54, 1.807) is 7.11 Å². The minimum Gasteiger partial charge on any atom is -0.504 e. The molecular weight excluding hydrogens is 444 g/mol. The summed E-state index contributed by atoms with van der Waals surface area (Å²) in [6, 6.07) is 3.82. The van der Waals surface area contributed by atoms with E-state index < -0.39 is 36.7 Å². The van der Waals surface area contributed by atoms with Crippen LogP contribution in [0.3, 0.4) is 0 Å². The second-order valence-corrected chi connectivity index (χ2v) is 10.6. The van der Waals surface area contributed by atoms with Crippen LogP contribution in [-0.4, -0.2) is 75.4 Å². The molecular formula is C25H34O9. The van der Waals surface area contributed by atoms with Gasteiger partial charge in [0.25, 0.3) is 0 Å². The Bertz CT molecular complexity index is 951. The highest BCUT2D eigenvalue weighted by molar-refractivity contribution is 5.73. The summed E-state index contributed by atoms with van der Waals surface area (Å²) < 4.78 is 16.9. The molecule has 1 heterocycles. The number of aryl methyl sites for hydroxylation is 1. The number of aromatic hydroxyl groups is 1. The minimum atomic E-state index is -1.73. The number of fused-ring (bicyclic) bond motifs is 5. The van der Waals surface area contributed by atoms with Crippen molar-refractivity contribution in [3.63, 3.8) is 0 Å². The van der Waals surface area contributed by atoms with Gasteiger partial charge in [-0.15, -0.1) is 0 Å². The van der Waals surface area contributed by atoms with Crippen LogP contribution in [-0.2, 0) is 20.7 Å². The predicted octanol–water partition coefficient (Wildman–Crippen LogP) is 1.53. The van der Waals surface area contributed by atoms with Gasteiger partial charge in [0.05, 0.1) is 13.2 Å². The summed E-state index contributed by atoms with van der Waals surface area (Å²) in [5.41, 5.74) is 2.26. The van der Waals surface area contributed by atoms with Crippen LogP contribution in [0.1, 0.15) is 56.1 Å². The quantitative estimate of drug-likeness (QED) is 0.435. The molecule has 0 radical (unpaired) electrons. The van der Waals surface area contributed by atoms with Crippen LogP contribution in [0.15, 0.2) is 12.1 Å². The van der Waals surface area contributed by atoms with E-state index in [0.717, 1.165) is 38.5 Å². The summed E-state index contributed by atoms with van der Waals surface area (Å²) in [6.07, 6.45) is -2.72. The highest BCUT2D eigenvalue weighted by Gasteiger charge is 2.57. The zero-order chi connectivity index (χ0) is 24.4. The van der Waals surface area contributed by atoms with Gasteiger partial charge < -0.3 is 39.7 Å². The van der Waals surface area contributed by atoms with Crippen molar-refractivity contribution in [3.05, 3.63) is 23.3 Å². The molecule has 3 fully saturated rings. The van der Waals surface area contributed by atoms with E-state index in [9.17, 15) is 30.3 Å². The van der Waals surface area contributed by atoms with E-state index in [1.165, 1.54) is 11.1 Å². The standard InChI is InChI=1S/C25H34O9/c1-25-8-7-12-13(4-3-11-9-16(26)17(32-2)10-14(11)12)15(25)5-6-18(25)33-24-21(29)19(27)20(28)22(34-24)23(30)31/h9-10,12-13,15,18-22,24,26-29H,3-8H2,1-2H3,(H,30,31)/t12-,13+,15-,18-,19-,20-,21+,22-,24+,25-/m0/s1. The minimum absolute atomic E-state index is 0.174. The highest BCUT2D eigenvalue weighted by Crippen LogP contribution is 2.62. The lowest BCUT2D eigenvalue weighted by atomic mass is 9.55. The van der Waals surface area contributed by atoms with E-state index in [2.05, 4.69) is 6.92 Å². The molecule has 0 spiro atoms. The normalized spacial score (nSPS) is 43.5. The topological polar surface area (TPSA) is 146 Å². The third kappa shape index (κ3) is 3.60. The molecule has 1 aromatic rings. The van der Waals surface area contributed by atoms with Gasteiger partial charge in [-0.1, -0.05) is 6.92 Å². The van der Waals surface area contributed by atoms with Gasteiger partial charge in [-0.3, -0.25) is 0 Å². The average molecular weight is 479 g/mol. The van der Waals surface area contributed by atoms with Crippen LogP contribution < -0.4 is 4.74 Å². The third-order valence-corrected chi connectivity index (χ3v) is 9.05. The highest BCUT2D eigenvalue weighted by atomic mass is 16.7. The Balaban J connectivity index is 1.35. The maximum atomic E-state index is 11.5. The molecule has 188 valence electrons. The first-order valence-electron chi connectivity index (χ1n) is 12.1. The summed E-state index contributed by atoms with van der Waals surface area (Å²) in [5.74, 6) is 0.469. The molecule has 1 aliphatic heterocycles. The SMILES string of the molecule is COc1cc2c(cc1O)CC[C@@H]1[C@@H]2CC[C@]2(C)[C@@H](O[C@@H]3O[C@H](C(=O)O)[C@@H](O)[C@H](O)[C@H]3O)CC[C@@H]12. The van der Waals surface area contributed by atoms with Crippen molar-refractivity contribution in [1.82, 2.24) is 0 Å². The Labute approximate surface area is 198 Å². The molecule has 5 rings (SSSR count). The first kappa shape index (κ1) is 23.8. The second kappa shape index (κ2) is 8.64. The van der Waals surface area contributed by atoms with Gasteiger partial charge in [0, 0.05) is 0 Å². The molecule has 34 heavy (non-hydrogen) atoms. The molecule has 4 aliphatic rings. The number of methoxy groups -OCH3 is 1. The summed E-state index contributed by atoms with van der Waals surface area (Å²) in [6.45, 7) is 2.20. The van der Waals surface area contributed by atoms with Gasteiger partial charge in [-0.2, -0.15) is 0 Å². The van der Waals surface area contributed by atoms with Crippen molar-refractivity contribution in [2.75, 3.05) is 7.11 Å². The monoisotopic (exact) mass is 478 g/mol. The number of aliphatic hydroxyl groups excluding tert-OH is 3. The maximum Gasteiger partial charge on any atom is 0.335 e. The molecule has 1 aromatic carbocycles. The summed E-state index contributed by atoms with van der Waals surface area (Å²) >= 11 is 0. The zero-order valence-corrected chi connectivity index (χ0v) is 19.5. The number of benzene rings is 1. The van der Waals surface area contributed by atoms with Crippen LogP contribution in [0.5, 0.6) is 11.5 Å². The van der Waals surface area contributed by atoms with Crippen molar-refractivity contribution < 1.29 is 44.5 Å². The fourth-order valence-corrected chi connectivity index (χ4v) is 7.25. The Morgan fingerprint density at radius 1 is 1.09 bits per heavy atom. The van der Waals surface area contributed by atoms with Crippen LogP contribution in [0, 0.1) is 17.3 Å². The van der Waals surface area contributed by atoms with E-state index in [4.69, 9.17) is 14.2 Å². The zero-order valence-electron chi connectivity index (χ0n) is 19.5. The van der Waals surface area contributed by atoms with Gasteiger partial charge in [-0.25, -0.2) is 4.79 Å². The number of carbonyl (C=O) groups is 1. The fourth-order valence-electron chi connectivity index (χ4n) is 7.25. The number of ether oxygens (including phenoxy) is 3. The molecule has 0 unspecified atom stereocenters. The number of aliphatic hydroxyl groups is 3. The van der Waals surface area contributed by atoms with Crippen LogP contribution >= 0.6 is 0 Å². The molecule has 9 heteroatoms. The molecule has 5 N–H and O–H groups in total. The number of rotatable bonds is 4. The summed E-state index contributed by atoms with van der Waals surface area (Å²) in [7, 11) is 1.56. The molecule has 3 aliphatic carbocycles. The number of aliphatic carboxylic acids is 1. The molecule has 9 nitrogen and oxygen atoms in total. The first-order valence-corrected chi connectivity index (χ1v) is 12.1. The fraction of sp³-hybridized carbons (Fsp3) is 0.720. The van der Waals surface area contributed by atoms with Crippen molar-refractivity contribution in [1.29, 1.82) is 0 Å². The smallest absolute Gasteiger partial charge is 0.335 e. The number of carboxylic acid groups (broad SMARTS) is 1. The molecule has 2 saturated carbocycles. The van der Waals surface area contributed by atoms with Gasteiger partial charge in [0.1, 0.15) is 18.3 Å². The molecule has 0 bridgehead atoms. The summed E-state index contributed by atoms with van der Waals surface area (Å²) in [5, 5.41) is 50.1. The largest absolute Gasteiger partial charge is 0.504 e. The van der Waals surface area contributed by atoms with E-state index in [-0.39, 0.29) is 17.3 Å². The molecule has 0 amide bonds. The molecule has 1 saturated heterocycles. The Morgan fingerprint density at radius 2 is 1.85 bits per heavy atom. The lowest BCUT2D eigenvalue weighted by Crippen LogP contribution is -2.61. The van der Waals surface area contributed by atoms with Crippen molar-refractivity contribution in [2.24, 2.45) is 17.3 Å². The van der Waals surface area contributed by atoms with Gasteiger partial charge in [0.2, 0.25) is 0 Å². The number of hydrogen-bond acceptors (Lipinski definition) is 8. The Hall–Kier alpha value is -1.91. The second-order valence-electron chi connectivity index (χ2n) is 10.6. The van der Waals surface area contributed by atoms with Crippen molar-refractivity contribution in [2.45, 2.75) is 88.2 Å². The number of phenolic OH excluding ortho intramolecular Hbond substituents is 1. The number of carboxylic acids is 1. The van der Waals surface area contributed by atoms with E-state index in [1.807, 2.05) is 12.1 Å². The third-order valence-electron chi connectivity index (χ3n) is 9.05. The Morgan fingerprint density at radius 3 is 2.56 bits per heavy atom. The van der Waals surface area contributed by atoms with Crippen LogP contribution in [0.2, 0.25) is 0 Å². The van der Waals surface area contributed by atoms with Crippen LogP contribution in [0.25, 0.3) is 0 Å². The lowest BCUT2D eigenvalue weighted by Gasteiger charge is -2.51. The van der Waals surface area contributed by atoms with Crippen molar-refractivity contribution >= 4 is 5.97 Å². The Kier molecular flexibility index (Phi) is 6.05. The first-order chi connectivity index (χ1) is 16.2. The van der Waals surface area contributed by atoms with E-state index >= 15 is 0 Å². The predicted molar refractivity (Wildman–Crippen MR) is 118 cm³/mol. The van der Waals surface area contributed by atoms with Gasteiger partial charge >= 0.3 is 5.97 Å². The number of phenols is 1. The van der Waals surface area contributed by atoms with Crippen molar-refractivity contribution in [3.8, 4) is 11.5 Å². The molecule has 0 aromatic heterocycles. The number of hydrogen-bond donors (Lipinski definition) is 5. The van der Waals surface area contributed by atoms with Gasteiger partial charge in [-0.05, 0) is 85.0 Å². The lowest BCUT2D eigenvalue weighted by molar-refractivity contribution is -0.312. The summed E-state index contributed by atoms with van der Waals surface area (Å²) in [4.78, 5) is 11.5. The van der Waals surface area contributed by atoms with E-state index in [0.29, 0.717) is 23.5 Å².